The van der Waals surface area contributed by atoms with Gasteiger partial charge in [-0.05, 0) is 23.7 Å². The predicted octanol–water partition coefficient (Wildman–Crippen LogP) is 3.79. The van der Waals surface area contributed by atoms with Crippen LogP contribution in [0.2, 0.25) is 0 Å². The topological polar surface area (TPSA) is 3.24 Å². The Balaban J connectivity index is 2.50. The van der Waals surface area contributed by atoms with Crippen LogP contribution in [0.1, 0.15) is 53.9 Å². The molecule has 1 fully saturated rings. The third kappa shape index (κ3) is 4.55. The zero-order valence-corrected chi connectivity index (χ0v) is 11.3. The van der Waals surface area contributed by atoms with E-state index in [4.69, 9.17) is 0 Å². The molecular weight excluding hydrogens is 182 g/mol. The van der Waals surface area contributed by atoms with E-state index in [0.29, 0.717) is 5.41 Å². The molecule has 0 aromatic rings. The molecule has 1 rings (SSSR count). The summed E-state index contributed by atoms with van der Waals surface area (Å²) < 4.78 is 0. The Morgan fingerprint density at radius 2 is 1.47 bits per heavy atom. The Bertz CT molecular complexity index is 168. The van der Waals surface area contributed by atoms with Crippen LogP contribution in [0, 0.1) is 17.3 Å². The van der Waals surface area contributed by atoms with Gasteiger partial charge in [-0.15, -0.1) is 0 Å². The molecule has 2 unspecified atom stereocenters. The lowest BCUT2D eigenvalue weighted by molar-refractivity contribution is 0.0874. The molecular formula is C14H29N. The Labute approximate surface area is 96.2 Å². The van der Waals surface area contributed by atoms with Gasteiger partial charge in [-0.1, -0.05) is 47.5 Å². The van der Waals surface area contributed by atoms with Crippen LogP contribution in [-0.4, -0.2) is 24.5 Å². The van der Waals surface area contributed by atoms with Gasteiger partial charge < -0.3 is 4.90 Å². The van der Waals surface area contributed by atoms with Crippen molar-refractivity contribution in [3.63, 3.8) is 0 Å². The summed E-state index contributed by atoms with van der Waals surface area (Å²) in [6.45, 7) is 15.7. The molecule has 1 aliphatic rings. The van der Waals surface area contributed by atoms with Crippen molar-refractivity contribution >= 4 is 0 Å². The number of likely N-dealkylation sites (tertiary alicyclic amines) is 1. The van der Waals surface area contributed by atoms with Crippen LogP contribution in [0.15, 0.2) is 0 Å². The summed E-state index contributed by atoms with van der Waals surface area (Å²) >= 11 is 0. The van der Waals surface area contributed by atoms with Crippen LogP contribution in [0.5, 0.6) is 0 Å². The molecule has 0 aromatic heterocycles. The van der Waals surface area contributed by atoms with Gasteiger partial charge in [-0.25, -0.2) is 0 Å². The average Bonchev–Trinajstić information content (AvgIpc) is 2.14. The van der Waals surface area contributed by atoms with Gasteiger partial charge in [-0.2, -0.15) is 0 Å². The zero-order chi connectivity index (χ0) is 11.5. The van der Waals surface area contributed by atoms with Gasteiger partial charge in [0.2, 0.25) is 0 Å². The number of hydrogen-bond donors (Lipinski definition) is 0. The Kier molecular flexibility index (Phi) is 4.64. The molecule has 2 atom stereocenters. The second kappa shape index (κ2) is 5.34. The van der Waals surface area contributed by atoms with E-state index in [-0.39, 0.29) is 0 Å². The highest BCUT2D eigenvalue weighted by atomic mass is 15.1. The van der Waals surface area contributed by atoms with Gasteiger partial charge in [0.25, 0.3) is 0 Å². The van der Waals surface area contributed by atoms with Crippen molar-refractivity contribution in [1.29, 1.82) is 0 Å². The molecule has 0 bridgehead atoms. The maximum absolute atomic E-state index is 2.70. The fourth-order valence-electron chi connectivity index (χ4n) is 2.82. The van der Waals surface area contributed by atoms with E-state index < -0.39 is 0 Å². The average molecular weight is 211 g/mol. The molecule has 1 heteroatoms. The van der Waals surface area contributed by atoms with Crippen molar-refractivity contribution in [2.75, 3.05) is 19.6 Å². The van der Waals surface area contributed by atoms with Crippen molar-refractivity contribution in [2.24, 2.45) is 17.3 Å². The maximum atomic E-state index is 2.70. The molecule has 1 saturated heterocycles. The molecule has 0 spiro atoms. The third-order valence-corrected chi connectivity index (χ3v) is 3.55. The number of rotatable bonds is 3. The standard InChI is InChI=1S/C14H29N/c1-6-12-8-13(7-2)10-15(9-12)11-14(3,4)5/h12-13H,6-11H2,1-5H3. The lowest BCUT2D eigenvalue weighted by Gasteiger charge is -2.40. The Morgan fingerprint density at radius 3 is 1.80 bits per heavy atom. The van der Waals surface area contributed by atoms with Gasteiger partial charge in [0.05, 0.1) is 0 Å². The first-order chi connectivity index (χ1) is 6.94. The van der Waals surface area contributed by atoms with Gasteiger partial charge in [0.1, 0.15) is 0 Å². The maximum Gasteiger partial charge on any atom is 0.00303 e. The largest absolute Gasteiger partial charge is 0.302 e. The van der Waals surface area contributed by atoms with Gasteiger partial charge in [0.15, 0.2) is 0 Å². The molecule has 1 nitrogen and oxygen atoms in total. The molecule has 0 radical (unpaired) electrons. The molecule has 0 saturated carbocycles. The fraction of sp³-hybridized carbons (Fsp3) is 1.00. The summed E-state index contributed by atoms with van der Waals surface area (Å²) in [6.07, 6.45) is 4.18. The summed E-state index contributed by atoms with van der Waals surface area (Å²) in [4.78, 5) is 2.70. The van der Waals surface area contributed by atoms with Crippen molar-refractivity contribution < 1.29 is 0 Å². The molecule has 0 amide bonds. The van der Waals surface area contributed by atoms with E-state index in [1.54, 1.807) is 0 Å². The first kappa shape index (κ1) is 13.0. The zero-order valence-electron chi connectivity index (χ0n) is 11.3. The van der Waals surface area contributed by atoms with E-state index in [9.17, 15) is 0 Å². The highest BCUT2D eigenvalue weighted by molar-refractivity contribution is 4.80. The Hall–Kier alpha value is -0.0400. The molecule has 1 aliphatic heterocycles. The van der Waals surface area contributed by atoms with Crippen LogP contribution in [0.25, 0.3) is 0 Å². The molecule has 0 aliphatic carbocycles. The van der Waals surface area contributed by atoms with Crippen LogP contribution < -0.4 is 0 Å². The smallest absolute Gasteiger partial charge is 0.00303 e. The second-order valence-corrected chi connectivity index (χ2v) is 6.54. The fourth-order valence-corrected chi connectivity index (χ4v) is 2.82. The SMILES string of the molecule is CCC1CC(CC)CN(CC(C)(C)C)C1. The van der Waals surface area contributed by atoms with Crippen molar-refractivity contribution in [1.82, 2.24) is 4.90 Å². The van der Waals surface area contributed by atoms with Crippen LogP contribution in [0.4, 0.5) is 0 Å². The highest BCUT2D eigenvalue weighted by Gasteiger charge is 2.27. The second-order valence-electron chi connectivity index (χ2n) is 6.54. The van der Waals surface area contributed by atoms with E-state index >= 15 is 0 Å². The third-order valence-electron chi connectivity index (χ3n) is 3.55. The molecule has 1 heterocycles. The van der Waals surface area contributed by atoms with E-state index in [0.717, 1.165) is 11.8 Å². The molecule has 0 aromatic carbocycles. The summed E-state index contributed by atoms with van der Waals surface area (Å²) in [5.41, 5.74) is 0.452. The van der Waals surface area contributed by atoms with Crippen molar-refractivity contribution in [3.8, 4) is 0 Å². The lowest BCUT2D eigenvalue weighted by Crippen LogP contribution is -2.43. The van der Waals surface area contributed by atoms with Gasteiger partial charge in [-0.3, -0.25) is 0 Å². The minimum absolute atomic E-state index is 0.452. The quantitative estimate of drug-likeness (QED) is 0.686. The summed E-state index contributed by atoms with van der Waals surface area (Å²) in [5.74, 6) is 1.90. The van der Waals surface area contributed by atoms with Crippen molar-refractivity contribution in [2.45, 2.75) is 53.9 Å². The lowest BCUT2D eigenvalue weighted by atomic mass is 9.84. The van der Waals surface area contributed by atoms with Crippen LogP contribution >= 0.6 is 0 Å². The first-order valence-corrected chi connectivity index (χ1v) is 6.67. The minimum Gasteiger partial charge on any atom is -0.302 e. The summed E-state index contributed by atoms with van der Waals surface area (Å²) in [6, 6.07) is 0. The van der Waals surface area contributed by atoms with E-state index in [2.05, 4.69) is 39.5 Å². The first-order valence-electron chi connectivity index (χ1n) is 6.67. The van der Waals surface area contributed by atoms with E-state index in [1.807, 2.05) is 0 Å². The van der Waals surface area contributed by atoms with Crippen LogP contribution in [0.3, 0.4) is 0 Å². The van der Waals surface area contributed by atoms with Gasteiger partial charge in [0, 0.05) is 19.6 Å². The summed E-state index contributed by atoms with van der Waals surface area (Å²) in [5, 5.41) is 0. The number of nitrogens with zero attached hydrogens (tertiary/aromatic N) is 1. The molecule has 0 N–H and O–H groups in total. The highest BCUT2D eigenvalue weighted by Crippen LogP contribution is 2.28. The van der Waals surface area contributed by atoms with Crippen molar-refractivity contribution in [3.05, 3.63) is 0 Å². The minimum atomic E-state index is 0.452. The van der Waals surface area contributed by atoms with Gasteiger partial charge >= 0.3 is 0 Å². The van der Waals surface area contributed by atoms with Crippen LogP contribution in [-0.2, 0) is 0 Å². The number of piperidine rings is 1. The predicted molar refractivity (Wildman–Crippen MR) is 68.1 cm³/mol. The number of hydrogen-bond acceptors (Lipinski definition) is 1. The monoisotopic (exact) mass is 211 g/mol. The summed E-state index contributed by atoms with van der Waals surface area (Å²) in [7, 11) is 0. The normalized spacial score (nSPS) is 29.4. The molecule has 90 valence electrons. The van der Waals surface area contributed by atoms with E-state index in [1.165, 1.54) is 38.9 Å². The Morgan fingerprint density at radius 1 is 1.00 bits per heavy atom. The molecule has 15 heavy (non-hydrogen) atoms.